The molecule has 23 rings (SSSR count). The topological polar surface area (TPSA) is 24.5 Å². The van der Waals surface area contributed by atoms with Gasteiger partial charge in [0, 0.05) is 100 Å². The zero-order chi connectivity index (χ0) is 90.1. The molecule has 0 saturated carbocycles. The molecule has 18 aromatic carbocycles. The molecule has 608 valence electrons. The highest BCUT2D eigenvalue weighted by atomic mass is 15.2. The summed E-state index contributed by atoms with van der Waals surface area (Å²) >= 11 is 0. The minimum Gasteiger partial charge on any atom is -0.311 e. The van der Waals surface area contributed by atoms with Gasteiger partial charge in [-0.2, -0.15) is 0 Å². The Kier molecular flexibility index (Phi) is 16.7. The van der Waals surface area contributed by atoms with Crippen LogP contribution in [-0.2, 0) is 16.2 Å². The third-order valence-electron chi connectivity index (χ3n) is 26.5. The standard InChI is InChI=1S/C120H95BN6/c1-118(2,3)86-54-61-108-100(69-86)101-70-87(119(4,5)6)55-62-109(101)124(108)93-56-60-105-113(75-93)127(117-98(81-41-23-13-24-42-81)71-88(120(7,8)9)72-99(117)82-43-25-14-26-44-82)115-77-95(76-114-116(115)121(105)104-59-53-83(78-35-17-10-18-36-78)68-112(104)126(114)94-66-84(79-37-19-11-20-38-79)65-85(67-94)80-39-21-12-22-40-80)125-110-63-57-91(122(89-45-27-15-28-46-89)90-47-29-16-30-48-90)73-102(110)103-74-92(58-64-111(103)125)123-106-51-33-31-49-96(106)97-50-32-34-52-107(97)123/h10-77H,1-9H3/i10D,17D,18D,35D,36D. The maximum Gasteiger partial charge on any atom is 0.252 e. The Morgan fingerprint density at radius 1 is 0.244 bits per heavy atom. The Hall–Kier alpha value is -15.2. The van der Waals surface area contributed by atoms with Gasteiger partial charge in [0.1, 0.15) is 0 Å². The van der Waals surface area contributed by atoms with Gasteiger partial charge in [0.2, 0.25) is 0 Å². The number of anilines is 9. The van der Waals surface area contributed by atoms with Gasteiger partial charge in [-0.05, 0) is 252 Å². The third-order valence-corrected chi connectivity index (χ3v) is 26.5. The lowest BCUT2D eigenvalue weighted by molar-refractivity contribution is 0.590. The molecule has 21 aromatic rings. The summed E-state index contributed by atoms with van der Waals surface area (Å²) in [6.45, 7) is 20.3. The molecule has 0 atom stereocenters. The van der Waals surface area contributed by atoms with Crippen molar-refractivity contribution in [2.75, 3.05) is 14.7 Å². The van der Waals surface area contributed by atoms with Gasteiger partial charge in [0.25, 0.3) is 6.71 Å². The van der Waals surface area contributed by atoms with Crippen molar-refractivity contribution in [1.29, 1.82) is 0 Å². The van der Waals surface area contributed by atoms with Gasteiger partial charge in [0.05, 0.1) is 51.3 Å². The van der Waals surface area contributed by atoms with Crippen LogP contribution in [0.5, 0.6) is 0 Å². The lowest BCUT2D eigenvalue weighted by atomic mass is 9.33. The highest BCUT2D eigenvalue weighted by Crippen LogP contribution is 2.55. The van der Waals surface area contributed by atoms with E-state index in [0.29, 0.717) is 5.56 Å². The molecule has 0 radical (unpaired) electrons. The lowest BCUT2D eigenvalue weighted by Gasteiger charge is -2.45. The van der Waals surface area contributed by atoms with E-state index < -0.39 is 24.8 Å². The molecular formula is C120H95BN6. The van der Waals surface area contributed by atoms with E-state index in [1.165, 1.54) is 38.2 Å². The molecule has 0 amide bonds. The molecule has 127 heavy (non-hydrogen) atoms. The number of rotatable bonds is 13. The van der Waals surface area contributed by atoms with E-state index in [4.69, 9.17) is 1.37 Å². The quantitative estimate of drug-likeness (QED) is 0.108. The molecule has 0 unspecified atom stereocenters. The van der Waals surface area contributed by atoms with Crippen molar-refractivity contribution in [3.63, 3.8) is 0 Å². The number of hydrogen-bond donors (Lipinski definition) is 0. The molecule has 0 saturated heterocycles. The van der Waals surface area contributed by atoms with Crippen molar-refractivity contribution in [1.82, 2.24) is 13.7 Å². The second-order valence-electron chi connectivity index (χ2n) is 37.3. The van der Waals surface area contributed by atoms with Crippen LogP contribution in [0.1, 0.15) is 85.9 Å². The van der Waals surface area contributed by atoms with Crippen molar-refractivity contribution in [3.05, 3.63) is 429 Å². The van der Waals surface area contributed by atoms with E-state index in [1.807, 2.05) is 6.07 Å². The van der Waals surface area contributed by atoms with E-state index in [-0.39, 0.29) is 33.9 Å². The summed E-state index contributed by atoms with van der Waals surface area (Å²) in [4.78, 5) is 7.46. The molecule has 2 aliphatic rings. The van der Waals surface area contributed by atoms with E-state index in [1.54, 1.807) is 0 Å². The zero-order valence-corrected chi connectivity index (χ0v) is 72.6. The van der Waals surface area contributed by atoms with Crippen LogP contribution < -0.4 is 31.1 Å². The van der Waals surface area contributed by atoms with Crippen LogP contribution in [-0.4, -0.2) is 20.4 Å². The molecule has 3 aromatic heterocycles. The molecular weight excluding hydrogens is 1540 g/mol. The number of benzene rings is 18. The van der Waals surface area contributed by atoms with Crippen LogP contribution in [0.25, 0.3) is 138 Å². The normalized spacial score (nSPS) is 13.3. The highest BCUT2D eigenvalue weighted by molar-refractivity contribution is 7.00. The lowest BCUT2D eigenvalue weighted by Crippen LogP contribution is -2.61. The van der Waals surface area contributed by atoms with Gasteiger partial charge in [-0.25, -0.2) is 0 Å². The summed E-state index contributed by atoms with van der Waals surface area (Å²) in [6, 6.07) is 139. The molecule has 0 bridgehead atoms. The van der Waals surface area contributed by atoms with E-state index in [0.717, 1.165) is 173 Å². The fraction of sp³-hybridized carbons (Fsp3) is 0.100. The van der Waals surface area contributed by atoms with Gasteiger partial charge in [-0.3, -0.25) is 0 Å². The van der Waals surface area contributed by atoms with Crippen molar-refractivity contribution in [3.8, 4) is 72.7 Å². The fourth-order valence-electron chi connectivity index (χ4n) is 20.2. The molecule has 7 heteroatoms. The van der Waals surface area contributed by atoms with Gasteiger partial charge < -0.3 is 28.4 Å². The zero-order valence-electron chi connectivity index (χ0n) is 77.6. The Balaban J connectivity index is 0.911. The van der Waals surface area contributed by atoms with Crippen LogP contribution >= 0.6 is 0 Å². The number of nitrogens with zero attached hydrogens (tertiary/aromatic N) is 6. The summed E-state index contributed by atoms with van der Waals surface area (Å²) in [7, 11) is 0. The minimum absolute atomic E-state index is 0.117. The fourth-order valence-corrected chi connectivity index (χ4v) is 20.2. The first-order chi connectivity index (χ1) is 64.0. The first kappa shape index (κ1) is 71.3. The number of para-hydroxylation sites is 4. The SMILES string of the molecule is [2H]c1c([2H])c([2H])c(-c2ccc3c(c2)N(c2cc(-c4ccccc4)cc(-c4ccccc4)c2)c2cc(-n4c5ccc(N(c6ccccc6)c6ccccc6)cc5c5cc(-n6c7ccccc7c7ccccc76)ccc54)cc4c2B3c2ccc(-n3c5ccc(C(C)(C)C)cc5c5cc(C(C)(C)C)ccc53)cc2N4c2c(-c3ccccc3)cc(C(C)(C)C)cc2-c2ccccc2)c([2H])c1[2H]. The maximum absolute atomic E-state index is 9.86. The average Bonchev–Trinajstić information content (AvgIpc) is 0.896. The Morgan fingerprint density at radius 2 is 0.638 bits per heavy atom. The third kappa shape index (κ3) is 12.9. The molecule has 6 nitrogen and oxygen atoms in total. The molecule has 0 spiro atoms. The highest BCUT2D eigenvalue weighted by Gasteiger charge is 2.46. The van der Waals surface area contributed by atoms with Crippen molar-refractivity contribution < 1.29 is 6.85 Å². The maximum atomic E-state index is 9.86. The largest absolute Gasteiger partial charge is 0.311 e. The summed E-state index contributed by atoms with van der Waals surface area (Å²) in [5.41, 5.74) is 32.8. The van der Waals surface area contributed by atoms with E-state index in [9.17, 15) is 5.48 Å². The second-order valence-corrected chi connectivity index (χ2v) is 37.3. The summed E-state index contributed by atoms with van der Waals surface area (Å²) in [5, 5.41) is 6.80. The van der Waals surface area contributed by atoms with Crippen LogP contribution in [0, 0.1) is 0 Å². The molecule has 2 aliphatic heterocycles. The first-order valence-corrected chi connectivity index (χ1v) is 44.2. The summed E-state index contributed by atoms with van der Waals surface area (Å²) in [5.74, 6) is 0. The Bertz CT molecular complexity index is 7960. The predicted octanol–water partition coefficient (Wildman–Crippen LogP) is 30.8. The Labute approximate surface area is 750 Å². The van der Waals surface area contributed by atoms with Crippen molar-refractivity contribution in [2.24, 2.45) is 0 Å². The molecule has 0 N–H and O–H groups in total. The predicted molar refractivity (Wildman–Crippen MR) is 541 cm³/mol. The van der Waals surface area contributed by atoms with Gasteiger partial charge in [0.15, 0.2) is 0 Å². The number of fused-ring (bicyclic) bond motifs is 13. The summed E-state index contributed by atoms with van der Waals surface area (Å²) in [6.07, 6.45) is 0. The van der Waals surface area contributed by atoms with E-state index >= 15 is 0 Å². The van der Waals surface area contributed by atoms with Gasteiger partial charge >= 0.3 is 0 Å². The first-order valence-electron chi connectivity index (χ1n) is 46.7. The molecule has 5 heterocycles. The number of aromatic nitrogens is 3. The van der Waals surface area contributed by atoms with Crippen LogP contribution in [0.15, 0.2) is 412 Å². The molecule has 0 fully saturated rings. The van der Waals surface area contributed by atoms with Gasteiger partial charge in [-0.15, -0.1) is 0 Å². The van der Waals surface area contributed by atoms with Crippen molar-refractivity contribution >= 4 is 140 Å². The van der Waals surface area contributed by atoms with Crippen LogP contribution in [0.2, 0.25) is 0 Å². The van der Waals surface area contributed by atoms with Crippen LogP contribution in [0.4, 0.5) is 51.2 Å². The molecule has 0 aliphatic carbocycles. The summed E-state index contributed by atoms with van der Waals surface area (Å²) < 4.78 is 54.8. The smallest absolute Gasteiger partial charge is 0.252 e. The second kappa shape index (κ2) is 29.8. The monoisotopic (exact) mass is 1640 g/mol. The Morgan fingerprint density at radius 3 is 1.15 bits per heavy atom. The van der Waals surface area contributed by atoms with E-state index in [2.05, 4.69) is 467 Å². The van der Waals surface area contributed by atoms with Crippen LogP contribution in [0.3, 0.4) is 0 Å². The van der Waals surface area contributed by atoms with Gasteiger partial charge in [-0.1, -0.05) is 317 Å². The minimum atomic E-state index is -0.525. The number of hydrogen-bond acceptors (Lipinski definition) is 3. The van der Waals surface area contributed by atoms with Crippen molar-refractivity contribution in [2.45, 2.75) is 78.6 Å². The average molecular weight is 1640 g/mol.